The summed E-state index contributed by atoms with van der Waals surface area (Å²) in [6, 6.07) is 12.7. The molecular formula is C15H11F3N2O2. The van der Waals surface area contributed by atoms with Gasteiger partial charge in [-0.2, -0.15) is 5.10 Å². The van der Waals surface area contributed by atoms with Gasteiger partial charge in [0.2, 0.25) is 6.23 Å². The van der Waals surface area contributed by atoms with Crippen LogP contribution in [0.5, 0.6) is 11.5 Å². The molecule has 0 aliphatic carbocycles. The Morgan fingerprint density at radius 2 is 1.64 bits per heavy atom. The Morgan fingerprint density at radius 1 is 0.955 bits per heavy atom. The average Bonchev–Trinajstić information content (AvgIpc) is 2.48. The van der Waals surface area contributed by atoms with E-state index >= 15 is 0 Å². The predicted molar refractivity (Wildman–Crippen MR) is 73.7 cm³/mol. The Morgan fingerprint density at radius 3 is 2.36 bits per heavy atom. The van der Waals surface area contributed by atoms with Crippen LogP contribution in [0.15, 0.2) is 53.6 Å². The lowest BCUT2D eigenvalue weighted by Crippen LogP contribution is -2.26. The first-order valence-corrected chi connectivity index (χ1v) is 6.41. The van der Waals surface area contributed by atoms with Crippen LogP contribution in [0, 0.1) is 0 Å². The van der Waals surface area contributed by atoms with Crippen LogP contribution in [0.4, 0.5) is 13.2 Å². The zero-order chi connectivity index (χ0) is 15.6. The Hall–Kier alpha value is -2.70. The van der Waals surface area contributed by atoms with Crippen molar-refractivity contribution in [1.29, 1.82) is 0 Å². The Bertz CT molecular complexity index is 684. The molecule has 1 N–H and O–H groups in total. The third-order valence-corrected chi connectivity index (χ3v) is 2.99. The molecule has 0 aromatic heterocycles. The second-order valence-electron chi connectivity index (χ2n) is 4.53. The average molecular weight is 308 g/mol. The number of ether oxygens (including phenoxy) is 2. The number of hydrogen-bond acceptors (Lipinski definition) is 4. The number of hydrogen-bond donors (Lipinski definition) is 1. The van der Waals surface area contributed by atoms with Crippen LogP contribution in [0.25, 0.3) is 0 Å². The molecule has 1 aliphatic rings. The van der Waals surface area contributed by atoms with Gasteiger partial charge in [0.05, 0.1) is 6.21 Å². The van der Waals surface area contributed by atoms with Crippen molar-refractivity contribution < 1.29 is 22.6 Å². The molecule has 1 atom stereocenters. The molecule has 0 radical (unpaired) electrons. The summed E-state index contributed by atoms with van der Waals surface area (Å²) < 4.78 is 45.8. The molecular weight excluding hydrogens is 297 g/mol. The smallest absolute Gasteiger partial charge is 0.465 e. The van der Waals surface area contributed by atoms with Gasteiger partial charge >= 0.3 is 6.36 Å². The summed E-state index contributed by atoms with van der Waals surface area (Å²) in [6.07, 6.45) is -3.54. The van der Waals surface area contributed by atoms with E-state index in [9.17, 15) is 13.2 Å². The van der Waals surface area contributed by atoms with E-state index in [0.29, 0.717) is 5.75 Å². The summed E-state index contributed by atoms with van der Waals surface area (Å²) >= 11 is 0. The standard InChI is InChI=1S/C15H11F3N2O2/c16-15(17,18)22-12-7-5-11(6-8-12)21-14-13-4-2-1-3-10(13)9-19-20-14/h1-9,14,20H. The van der Waals surface area contributed by atoms with Gasteiger partial charge in [-0.05, 0) is 24.3 Å². The first-order valence-electron chi connectivity index (χ1n) is 6.41. The van der Waals surface area contributed by atoms with Crippen molar-refractivity contribution in [3.63, 3.8) is 0 Å². The number of benzene rings is 2. The van der Waals surface area contributed by atoms with Crippen LogP contribution in [0.3, 0.4) is 0 Å². The van der Waals surface area contributed by atoms with Crippen molar-refractivity contribution in [2.75, 3.05) is 0 Å². The van der Waals surface area contributed by atoms with Gasteiger partial charge < -0.3 is 9.47 Å². The molecule has 2 aromatic rings. The fraction of sp³-hybridized carbons (Fsp3) is 0.133. The van der Waals surface area contributed by atoms with E-state index < -0.39 is 12.6 Å². The number of nitrogens with one attached hydrogen (secondary N) is 1. The molecule has 7 heteroatoms. The fourth-order valence-corrected chi connectivity index (χ4v) is 2.06. The highest BCUT2D eigenvalue weighted by molar-refractivity contribution is 5.82. The first-order chi connectivity index (χ1) is 10.5. The number of halogens is 3. The minimum absolute atomic E-state index is 0.296. The quantitative estimate of drug-likeness (QED) is 0.942. The second kappa shape index (κ2) is 5.59. The minimum Gasteiger partial charge on any atom is -0.465 e. The molecule has 0 saturated carbocycles. The highest BCUT2D eigenvalue weighted by Crippen LogP contribution is 2.28. The zero-order valence-corrected chi connectivity index (χ0v) is 11.2. The van der Waals surface area contributed by atoms with Gasteiger partial charge in [0, 0.05) is 11.1 Å². The van der Waals surface area contributed by atoms with Gasteiger partial charge in [-0.15, -0.1) is 13.2 Å². The summed E-state index contributed by atoms with van der Waals surface area (Å²) in [6.45, 7) is 0. The molecule has 22 heavy (non-hydrogen) atoms. The molecule has 0 fully saturated rings. The third-order valence-electron chi connectivity index (χ3n) is 2.99. The molecule has 1 unspecified atom stereocenters. The summed E-state index contributed by atoms with van der Waals surface area (Å²) in [4.78, 5) is 0. The van der Waals surface area contributed by atoms with E-state index in [2.05, 4.69) is 15.3 Å². The van der Waals surface area contributed by atoms with Crippen molar-refractivity contribution in [2.24, 2.45) is 5.10 Å². The van der Waals surface area contributed by atoms with Crippen LogP contribution in [0.1, 0.15) is 17.4 Å². The molecule has 114 valence electrons. The molecule has 1 heterocycles. The molecule has 1 aliphatic heterocycles. The van der Waals surface area contributed by atoms with E-state index in [1.807, 2.05) is 24.3 Å². The summed E-state index contributed by atoms with van der Waals surface area (Å²) in [5.41, 5.74) is 4.63. The largest absolute Gasteiger partial charge is 0.573 e. The number of alkyl halides is 3. The Labute approximate surface area is 124 Å². The maximum absolute atomic E-state index is 12.1. The predicted octanol–water partition coefficient (Wildman–Crippen LogP) is 3.60. The lowest BCUT2D eigenvalue weighted by Gasteiger charge is -2.23. The van der Waals surface area contributed by atoms with E-state index in [-0.39, 0.29) is 5.75 Å². The summed E-state index contributed by atoms with van der Waals surface area (Å²) in [7, 11) is 0. The van der Waals surface area contributed by atoms with E-state index in [0.717, 1.165) is 11.1 Å². The third kappa shape index (κ3) is 3.30. The van der Waals surface area contributed by atoms with E-state index in [4.69, 9.17) is 4.74 Å². The van der Waals surface area contributed by atoms with Crippen LogP contribution in [-0.2, 0) is 0 Å². The number of hydrazone groups is 1. The lowest BCUT2D eigenvalue weighted by molar-refractivity contribution is -0.274. The highest BCUT2D eigenvalue weighted by Gasteiger charge is 2.31. The number of rotatable bonds is 3. The van der Waals surface area contributed by atoms with E-state index in [1.165, 1.54) is 24.3 Å². The first kappa shape index (κ1) is 14.2. The van der Waals surface area contributed by atoms with Crippen molar-refractivity contribution in [1.82, 2.24) is 5.43 Å². The van der Waals surface area contributed by atoms with Crippen LogP contribution in [0.2, 0.25) is 0 Å². The molecule has 2 aromatic carbocycles. The number of nitrogens with zero attached hydrogens (tertiary/aromatic N) is 1. The zero-order valence-electron chi connectivity index (χ0n) is 11.2. The SMILES string of the molecule is FC(F)(F)Oc1ccc(OC2NN=Cc3ccccc32)cc1. The topological polar surface area (TPSA) is 42.9 Å². The molecule has 3 rings (SSSR count). The highest BCUT2D eigenvalue weighted by atomic mass is 19.4. The Balaban J connectivity index is 1.73. The van der Waals surface area contributed by atoms with Crippen LogP contribution in [-0.4, -0.2) is 12.6 Å². The van der Waals surface area contributed by atoms with Crippen LogP contribution >= 0.6 is 0 Å². The molecule has 0 amide bonds. The van der Waals surface area contributed by atoms with Crippen molar-refractivity contribution in [3.8, 4) is 11.5 Å². The van der Waals surface area contributed by atoms with E-state index in [1.54, 1.807) is 6.21 Å². The number of fused-ring (bicyclic) bond motifs is 1. The van der Waals surface area contributed by atoms with Gasteiger partial charge in [-0.3, -0.25) is 5.43 Å². The summed E-state index contributed by atoms with van der Waals surface area (Å²) in [5.74, 6) is 0.105. The fourth-order valence-electron chi connectivity index (χ4n) is 2.06. The van der Waals surface area contributed by atoms with Gasteiger partial charge in [-0.1, -0.05) is 24.3 Å². The minimum atomic E-state index is -4.71. The molecule has 0 bridgehead atoms. The van der Waals surface area contributed by atoms with Crippen LogP contribution < -0.4 is 14.9 Å². The summed E-state index contributed by atoms with van der Waals surface area (Å²) in [5, 5.41) is 3.99. The monoisotopic (exact) mass is 308 g/mol. The second-order valence-corrected chi connectivity index (χ2v) is 4.53. The van der Waals surface area contributed by atoms with Crippen molar-refractivity contribution >= 4 is 6.21 Å². The molecule has 0 saturated heterocycles. The van der Waals surface area contributed by atoms with Gasteiger partial charge in [0.25, 0.3) is 0 Å². The lowest BCUT2D eigenvalue weighted by atomic mass is 10.1. The maximum Gasteiger partial charge on any atom is 0.573 e. The van der Waals surface area contributed by atoms with Gasteiger partial charge in [0.15, 0.2) is 0 Å². The molecule has 4 nitrogen and oxygen atoms in total. The Kier molecular flexibility index (Phi) is 3.62. The van der Waals surface area contributed by atoms with Crippen molar-refractivity contribution in [3.05, 3.63) is 59.7 Å². The van der Waals surface area contributed by atoms with Gasteiger partial charge in [-0.25, -0.2) is 0 Å². The normalized spacial score (nSPS) is 16.6. The van der Waals surface area contributed by atoms with Crippen molar-refractivity contribution in [2.45, 2.75) is 12.6 Å². The van der Waals surface area contributed by atoms with Gasteiger partial charge in [0.1, 0.15) is 11.5 Å². The molecule has 0 spiro atoms. The maximum atomic E-state index is 12.1.